The fourth-order valence-corrected chi connectivity index (χ4v) is 4.65. The molecule has 2 N–H and O–H groups in total. The van der Waals surface area contributed by atoms with Crippen LogP contribution in [0.3, 0.4) is 0 Å². The molecule has 0 aliphatic carbocycles. The fraction of sp³-hybridized carbons (Fsp3) is 0.621. The summed E-state index contributed by atoms with van der Waals surface area (Å²) in [5.74, 6) is 0.819. The first-order valence-corrected chi connectivity index (χ1v) is 14.1. The van der Waals surface area contributed by atoms with E-state index in [1.807, 2.05) is 12.1 Å². The van der Waals surface area contributed by atoms with Gasteiger partial charge < -0.3 is 19.3 Å². The summed E-state index contributed by atoms with van der Waals surface area (Å²) in [6.07, 6.45) is 9.86. The summed E-state index contributed by atoms with van der Waals surface area (Å²) in [5.41, 5.74) is 1.43. The van der Waals surface area contributed by atoms with Crippen molar-refractivity contribution in [3.63, 3.8) is 0 Å². The first kappa shape index (κ1) is 30.1. The predicted octanol–water partition coefficient (Wildman–Crippen LogP) is 6.77. The molecule has 10 nitrogen and oxygen atoms in total. The van der Waals surface area contributed by atoms with Crippen LogP contribution in [0.5, 0.6) is 0 Å². The number of carbonyl (C=O) groups is 2. The average molecular weight is 542 g/mol. The number of nitrogens with zero attached hydrogens (tertiary/aromatic N) is 4. The monoisotopic (exact) mass is 541 g/mol. The number of rotatable bonds is 11. The summed E-state index contributed by atoms with van der Waals surface area (Å²) in [6, 6.07) is 8.27. The summed E-state index contributed by atoms with van der Waals surface area (Å²) in [7, 11) is 0. The second-order valence-electron chi connectivity index (χ2n) is 11.2. The molecule has 2 heterocycles. The Hall–Kier alpha value is -3.43. The third-order valence-electron chi connectivity index (χ3n) is 6.59. The highest BCUT2D eigenvalue weighted by Gasteiger charge is 2.32. The van der Waals surface area contributed by atoms with E-state index in [0.29, 0.717) is 31.2 Å². The standard InChI is InChI=1S/C29H43N5O5/c1-5-6-7-8-9-10-11-12-14-21-15-13-16-22(19-21)24-30-25(39-33-24)23-17-18-34(20-23)26(31-27(35)36)32-28(37)38-29(2,3)4/h13,15-16,19,23H,5-12,14,17-18,20H2,1-4H3,(H,35,36)(H,31,32,37). The Balaban J connectivity index is 1.56. The fourth-order valence-electron chi connectivity index (χ4n) is 4.65. The summed E-state index contributed by atoms with van der Waals surface area (Å²) in [4.78, 5) is 33.7. The highest BCUT2D eigenvalue weighted by atomic mass is 16.6. The number of aryl methyl sites for hydroxylation is 1. The van der Waals surface area contributed by atoms with E-state index < -0.39 is 17.8 Å². The maximum atomic E-state index is 12.2. The molecule has 0 spiro atoms. The lowest BCUT2D eigenvalue weighted by Gasteiger charge is -2.21. The van der Waals surface area contributed by atoms with Crippen LogP contribution in [0, 0.1) is 0 Å². The number of unbranched alkanes of at least 4 members (excludes halogenated alkanes) is 7. The number of benzene rings is 1. The van der Waals surface area contributed by atoms with Gasteiger partial charge in [-0.2, -0.15) is 4.98 Å². The van der Waals surface area contributed by atoms with Crippen LogP contribution in [0.4, 0.5) is 9.59 Å². The highest BCUT2D eigenvalue weighted by molar-refractivity contribution is 5.98. The van der Waals surface area contributed by atoms with Crippen molar-refractivity contribution in [1.82, 2.24) is 20.4 Å². The van der Waals surface area contributed by atoms with E-state index in [1.165, 1.54) is 56.9 Å². The molecule has 0 radical (unpaired) electrons. The Labute approximate surface area is 231 Å². The van der Waals surface area contributed by atoms with Crippen molar-refractivity contribution in [1.29, 1.82) is 0 Å². The van der Waals surface area contributed by atoms with E-state index in [4.69, 9.17) is 9.26 Å². The molecule has 1 fully saturated rings. The molecule has 214 valence electrons. The maximum absolute atomic E-state index is 12.2. The molecule has 3 rings (SSSR count). The Morgan fingerprint density at radius 3 is 2.56 bits per heavy atom. The zero-order valence-electron chi connectivity index (χ0n) is 23.7. The van der Waals surface area contributed by atoms with Crippen molar-refractivity contribution in [3.8, 4) is 11.4 Å². The molecular formula is C29H43N5O5. The van der Waals surface area contributed by atoms with Crippen LogP contribution in [0.2, 0.25) is 0 Å². The molecule has 1 atom stereocenters. The Morgan fingerprint density at radius 1 is 1.15 bits per heavy atom. The summed E-state index contributed by atoms with van der Waals surface area (Å²) < 4.78 is 10.8. The number of aromatic nitrogens is 2. The van der Waals surface area contributed by atoms with E-state index in [1.54, 1.807) is 25.7 Å². The number of amides is 2. The highest BCUT2D eigenvalue weighted by Crippen LogP contribution is 2.28. The smallest absolute Gasteiger partial charge is 0.437 e. The molecule has 2 amide bonds. The molecule has 39 heavy (non-hydrogen) atoms. The number of nitrogens with one attached hydrogen (secondary N) is 1. The van der Waals surface area contributed by atoms with Gasteiger partial charge in [-0.25, -0.2) is 9.59 Å². The van der Waals surface area contributed by atoms with Crippen molar-refractivity contribution < 1.29 is 24.0 Å². The van der Waals surface area contributed by atoms with Crippen molar-refractivity contribution in [2.45, 2.75) is 103 Å². The summed E-state index contributed by atoms with van der Waals surface area (Å²) >= 11 is 0. The van der Waals surface area contributed by atoms with Crippen LogP contribution in [0.25, 0.3) is 11.4 Å². The second-order valence-corrected chi connectivity index (χ2v) is 11.2. The Bertz CT molecular complexity index is 1110. The first-order chi connectivity index (χ1) is 18.6. The molecule has 1 unspecified atom stereocenters. The number of carbonyl (C=O) groups excluding carboxylic acids is 1. The van der Waals surface area contributed by atoms with Gasteiger partial charge in [0.2, 0.25) is 17.7 Å². The summed E-state index contributed by atoms with van der Waals surface area (Å²) in [5, 5.41) is 15.6. The predicted molar refractivity (Wildman–Crippen MR) is 150 cm³/mol. The van der Waals surface area contributed by atoms with Gasteiger partial charge in [0.25, 0.3) is 0 Å². The molecule has 1 aliphatic heterocycles. The molecular weight excluding hydrogens is 498 g/mol. The SMILES string of the molecule is CCCCCCCCCCc1cccc(-c2noc(C3CCN(C(=NC(=O)OC(C)(C)C)NC(=O)O)C3)n2)c1. The zero-order valence-corrected chi connectivity index (χ0v) is 23.7. The average Bonchev–Trinajstić information content (AvgIpc) is 3.54. The van der Waals surface area contributed by atoms with Gasteiger partial charge in [-0.15, -0.1) is 4.99 Å². The van der Waals surface area contributed by atoms with E-state index in [2.05, 4.69) is 39.5 Å². The molecule has 0 bridgehead atoms. The van der Waals surface area contributed by atoms with E-state index in [-0.39, 0.29) is 11.9 Å². The lowest BCUT2D eigenvalue weighted by Crippen LogP contribution is -2.43. The number of hydrogen-bond acceptors (Lipinski definition) is 6. The lowest BCUT2D eigenvalue weighted by molar-refractivity contribution is 0.0601. The van der Waals surface area contributed by atoms with Gasteiger partial charge in [-0.1, -0.05) is 75.2 Å². The topological polar surface area (TPSA) is 130 Å². The maximum Gasteiger partial charge on any atom is 0.437 e. The molecule has 0 saturated carbocycles. The van der Waals surface area contributed by atoms with Gasteiger partial charge in [0, 0.05) is 18.7 Å². The molecule has 1 saturated heterocycles. The summed E-state index contributed by atoms with van der Waals surface area (Å²) in [6.45, 7) is 8.25. The number of guanidine groups is 1. The van der Waals surface area contributed by atoms with Gasteiger partial charge in [0.05, 0.1) is 5.92 Å². The van der Waals surface area contributed by atoms with Crippen molar-refractivity contribution in [3.05, 3.63) is 35.7 Å². The van der Waals surface area contributed by atoms with Crippen LogP contribution in [-0.2, 0) is 11.2 Å². The molecule has 1 aromatic heterocycles. The van der Waals surface area contributed by atoms with Crippen LogP contribution < -0.4 is 5.32 Å². The van der Waals surface area contributed by atoms with Gasteiger partial charge in [0.1, 0.15) is 5.60 Å². The second kappa shape index (κ2) is 14.6. The van der Waals surface area contributed by atoms with Gasteiger partial charge >= 0.3 is 12.2 Å². The minimum Gasteiger partial charge on any atom is -0.465 e. The Morgan fingerprint density at radius 2 is 1.87 bits per heavy atom. The van der Waals surface area contributed by atoms with Gasteiger partial charge in [-0.3, -0.25) is 5.32 Å². The number of hydrogen-bond donors (Lipinski definition) is 2. The third-order valence-corrected chi connectivity index (χ3v) is 6.59. The zero-order chi connectivity index (χ0) is 28.3. The largest absolute Gasteiger partial charge is 0.465 e. The van der Waals surface area contributed by atoms with Crippen molar-refractivity contribution in [2.75, 3.05) is 13.1 Å². The van der Waals surface area contributed by atoms with Crippen LogP contribution in [0.15, 0.2) is 33.8 Å². The normalized spacial score (nSPS) is 15.9. The molecule has 1 aliphatic rings. The number of ether oxygens (including phenoxy) is 1. The lowest BCUT2D eigenvalue weighted by atomic mass is 10.0. The van der Waals surface area contributed by atoms with Crippen molar-refractivity contribution in [2.24, 2.45) is 4.99 Å². The quantitative estimate of drug-likeness (QED) is 0.181. The number of carboxylic acid groups (broad SMARTS) is 1. The van der Waals surface area contributed by atoms with Gasteiger partial charge in [0.15, 0.2) is 0 Å². The number of likely N-dealkylation sites (tertiary alicyclic amines) is 1. The number of aliphatic imine (C=N–C) groups is 1. The minimum atomic E-state index is -1.31. The van der Waals surface area contributed by atoms with Crippen LogP contribution >= 0.6 is 0 Å². The first-order valence-electron chi connectivity index (χ1n) is 14.1. The van der Waals surface area contributed by atoms with Crippen LogP contribution in [0.1, 0.15) is 103 Å². The van der Waals surface area contributed by atoms with E-state index in [9.17, 15) is 14.7 Å². The van der Waals surface area contributed by atoms with Gasteiger partial charge in [-0.05, 0) is 51.7 Å². The molecule has 2 aromatic rings. The molecule has 10 heteroatoms. The van der Waals surface area contributed by atoms with E-state index >= 15 is 0 Å². The minimum absolute atomic E-state index is 0.0763. The Kier molecular flexibility index (Phi) is 11.3. The van der Waals surface area contributed by atoms with Crippen molar-refractivity contribution >= 4 is 18.1 Å². The third kappa shape index (κ3) is 10.3. The van der Waals surface area contributed by atoms with Crippen LogP contribution in [-0.4, -0.2) is 57.0 Å². The molecule has 1 aromatic carbocycles. The van der Waals surface area contributed by atoms with E-state index in [0.717, 1.165) is 12.0 Å².